The zero-order chi connectivity index (χ0) is 15.2. The Kier molecular flexibility index (Phi) is 4.49. The van der Waals surface area contributed by atoms with Gasteiger partial charge in [-0.05, 0) is 24.0 Å². The summed E-state index contributed by atoms with van der Waals surface area (Å²) >= 11 is 0. The third kappa shape index (κ3) is 3.52. The number of rotatable bonds is 6. The van der Waals surface area contributed by atoms with Crippen molar-refractivity contribution in [3.8, 4) is 0 Å². The van der Waals surface area contributed by atoms with Crippen LogP contribution in [0.1, 0.15) is 22.8 Å². The number of hydrogen-bond acceptors (Lipinski definition) is 3. The molecule has 4 nitrogen and oxygen atoms in total. The third-order valence-electron chi connectivity index (χ3n) is 3.80. The minimum absolute atomic E-state index is 0.804. The maximum absolute atomic E-state index is 6.12. The number of nitrogens with two attached hydrogens (primary N) is 1. The summed E-state index contributed by atoms with van der Waals surface area (Å²) in [6, 6.07) is 20.7. The van der Waals surface area contributed by atoms with Gasteiger partial charge in [0.25, 0.3) is 0 Å². The fourth-order valence-corrected chi connectivity index (χ4v) is 2.50. The van der Waals surface area contributed by atoms with E-state index >= 15 is 0 Å². The van der Waals surface area contributed by atoms with Gasteiger partial charge in [-0.1, -0.05) is 60.7 Å². The van der Waals surface area contributed by atoms with Crippen LogP contribution in [0.2, 0.25) is 0 Å². The van der Waals surface area contributed by atoms with Gasteiger partial charge in [-0.25, -0.2) is 4.68 Å². The van der Waals surface area contributed by atoms with Crippen molar-refractivity contribution in [1.29, 1.82) is 0 Å². The molecule has 2 aromatic carbocycles. The van der Waals surface area contributed by atoms with Crippen molar-refractivity contribution in [3.63, 3.8) is 0 Å². The third-order valence-corrected chi connectivity index (χ3v) is 3.80. The number of aromatic nitrogens is 3. The van der Waals surface area contributed by atoms with E-state index in [0.29, 0.717) is 0 Å². The van der Waals surface area contributed by atoms with Gasteiger partial charge in [0.1, 0.15) is 0 Å². The number of benzene rings is 2. The highest BCUT2D eigenvalue weighted by atomic mass is 15.4. The van der Waals surface area contributed by atoms with Crippen LogP contribution in [0.15, 0.2) is 60.7 Å². The molecule has 1 heterocycles. The Labute approximate surface area is 130 Å². The van der Waals surface area contributed by atoms with Crippen molar-refractivity contribution in [2.75, 3.05) is 5.84 Å². The Bertz CT molecular complexity index is 643. The first kappa shape index (κ1) is 14.3. The van der Waals surface area contributed by atoms with Gasteiger partial charge in [-0.2, -0.15) is 0 Å². The van der Waals surface area contributed by atoms with Gasteiger partial charge >= 0.3 is 0 Å². The van der Waals surface area contributed by atoms with Gasteiger partial charge in [0.2, 0.25) is 0 Å². The molecular weight excluding hydrogens is 272 g/mol. The molecule has 3 aromatic rings. The second-order valence-electron chi connectivity index (χ2n) is 5.37. The van der Waals surface area contributed by atoms with Crippen LogP contribution < -0.4 is 5.84 Å². The summed E-state index contributed by atoms with van der Waals surface area (Å²) in [5.74, 6) is 7.80. The molecule has 0 aliphatic carbocycles. The van der Waals surface area contributed by atoms with Crippen LogP contribution in [-0.2, 0) is 25.7 Å². The molecule has 0 aliphatic heterocycles. The monoisotopic (exact) mass is 292 g/mol. The quantitative estimate of drug-likeness (QED) is 0.710. The van der Waals surface area contributed by atoms with Gasteiger partial charge in [0, 0.05) is 12.8 Å². The number of aryl methyl sites for hydroxylation is 4. The molecule has 112 valence electrons. The van der Waals surface area contributed by atoms with Gasteiger partial charge < -0.3 is 5.84 Å². The molecule has 22 heavy (non-hydrogen) atoms. The normalized spacial score (nSPS) is 10.7. The zero-order valence-electron chi connectivity index (χ0n) is 12.5. The van der Waals surface area contributed by atoms with E-state index in [-0.39, 0.29) is 0 Å². The fourth-order valence-electron chi connectivity index (χ4n) is 2.50. The summed E-state index contributed by atoms with van der Waals surface area (Å²) in [7, 11) is 0. The number of nitrogens with zero attached hydrogens (tertiary/aromatic N) is 3. The van der Waals surface area contributed by atoms with Crippen LogP contribution in [0.5, 0.6) is 0 Å². The van der Waals surface area contributed by atoms with E-state index in [1.54, 1.807) is 4.68 Å². The van der Waals surface area contributed by atoms with Crippen LogP contribution >= 0.6 is 0 Å². The molecule has 0 saturated carbocycles. The Hall–Kier alpha value is -2.62. The minimum atomic E-state index is 0.804. The fraction of sp³-hybridized carbons (Fsp3) is 0.222. The summed E-state index contributed by atoms with van der Waals surface area (Å²) in [6.07, 6.45) is 3.46. The van der Waals surface area contributed by atoms with Crippen molar-refractivity contribution in [2.24, 2.45) is 0 Å². The standard InChI is InChI=1S/C18H20N4/c19-22-17(13-11-15-7-3-1-4-8-15)20-21-18(22)14-12-16-9-5-2-6-10-16/h1-10H,11-14,19H2. The molecule has 0 unspecified atom stereocenters. The second kappa shape index (κ2) is 6.89. The molecule has 0 bridgehead atoms. The molecule has 1 aromatic heterocycles. The van der Waals surface area contributed by atoms with E-state index in [9.17, 15) is 0 Å². The lowest BCUT2D eigenvalue weighted by molar-refractivity contribution is 0.760. The topological polar surface area (TPSA) is 56.7 Å². The summed E-state index contributed by atoms with van der Waals surface area (Å²) in [6.45, 7) is 0. The predicted octanol–water partition coefficient (Wildman–Crippen LogP) is 2.56. The molecule has 0 spiro atoms. The SMILES string of the molecule is Nn1c(CCc2ccccc2)nnc1CCc1ccccc1. The molecule has 0 aliphatic rings. The number of hydrogen-bond donors (Lipinski definition) is 1. The lowest BCUT2D eigenvalue weighted by Gasteiger charge is -2.04. The minimum Gasteiger partial charge on any atom is -0.336 e. The number of nitrogen functional groups attached to an aromatic ring is 1. The first-order chi connectivity index (χ1) is 10.8. The highest BCUT2D eigenvalue weighted by Gasteiger charge is 2.09. The smallest absolute Gasteiger partial charge is 0.152 e. The summed E-state index contributed by atoms with van der Waals surface area (Å²) in [5, 5.41) is 8.46. The van der Waals surface area contributed by atoms with Gasteiger partial charge in [-0.3, -0.25) is 0 Å². The van der Waals surface area contributed by atoms with Crippen LogP contribution in [0.3, 0.4) is 0 Å². The molecule has 0 radical (unpaired) electrons. The molecule has 4 heteroatoms. The van der Waals surface area contributed by atoms with E-state index in [1.807, 2.05) is 36.4 Å². The first-order valence-corrected chi connectivity index (χ1v) is 7.59. The lowest BCUT2D eigenvalue weighted by Crippen LogP contribution is -2.17. The van der Waals surface area contributed by atoms with Crippen molar-refractivity contribution in [2.45, 2.75) is 25.7 Å². The Balaban J connectivity index is 1.60. The van der Waals surface area contributed by atoms with Crippen molar-refractivity contribution >= 4 is 0 Å². The summed E-state index contributed by atoms with van der Waals surface area (Å²) in [5.41, 5.74) is 2.58. The average molecular weight is 292 g/mol. The molecule has 0 fully saturated rings. The van der Waals surface area contributed by atoms with Crippen LogP contribution in [0.4, 0.5) is 0 Å². The zero-order valence-corrected chi connectivity index (χ0v) is 12.5. The van der Waals surface area contributed by atoms with Crippen molar-refractivity contribution < 1.29 is 0 Å². The van der Waals surface area contributed by atoms with E-state index in [0.717, 1.165) is 37.3 Å². The van der Waals surface area contributed by atoms with Crippen LogP contribution in [0, 0.1) is 0 Å². The Morgan fingerprint density at radius 1 is 0.636 bits per heavy atom. The Morgan fingerprint density at radius 2 is 1.05 bits per heavy atom. The summed E-state index contributed by atoms with van der Waals surface area (Å²) < 4.78 is 1.64. The summed E-state index contributed by atoms with van der Waals surface area (Å²) in [4.78, 5) is 0. The molecule has 0 saturated heterocycles. The Morgan fingerprint density at radius 3 is 1.45 bits per heavy atom. The van der Waals surface area contributed by atoms with E-state index in [1.165, 1.54) is 11.1 Å². The second-order valence-corrected chi connectivity index (χ2v) is 5.37. The molecule has 0 atom stereocenters. The van der Waals surface area contributed by atoms with Gasteiger partial charge in [-0.15, -0.1) is 10.2 Å². The van der Waals surface area contributed by atoms with E-state index in [4.69, 9.17) is 5.84 Å². The van der Waals surface area contributed by atoms with Crippen molar-refractivity contribution in [1.82, 2.24) is 14.9 Å². The van der Waals surface area contributed by atoms with E-state index in [2.05, 4.69) is 34.5 Å². The first-order valence-electron chi connectivity index (χ1n) is 7.59. The highest BCUT2D eigenvalue weighted by molar-refractivity contribution is 5.17. The van der Waals surface area contributed by atoms with Crippen molar-refractivity contribution in [3.05, 3.63) is 83.4 Å². The van der Waals surface area contributed by atoms with Crippen LogP contribution in [0.25, 0.3) is 0 Å². The molecular formula is C18H20N4. The van der Waals surface area contributed by atoms with Gasteiger partial charge in [0.15, 0.2) is 11.6 Å². The maximum atomic E-state index is 6.12. The van der Waals surface area contributed by atoms with E-state index < -0.39 is 0 Å². The predicted molar refractivity (Wildman–Crippen MR) is 87.9 cm³/mol. The van der Waals surface area contributed by atoms with Gasteiger partial charge in [0.05, 0.1) is 0 Å². The lowest BCUT2D eigenvalue weighted by atomic mass is 10.1. The van der Waals surface area contributed by atoms with Crippen LogP contribution in [-0.4, -0.2) is 14.9 Å². The largest absolute Gasteiger partial charge is 0.336 e. The molecule has 0 amide bonds. The maximum Gasteiger partial charge on any atom is 0.152 e. The average Bonchev–Trinajstić information content (AvgIpc) is 2.93. The highest BCUT2D eigenvalue weighted by Crippen LogP contribution is 2.08. The molecule has 3 rings (SSSR count). The molecule has 2 N–H and O–H groups in total.